The van der Waals surface area contributed by atoms with Crippen molar-refractivity contribution < 1.29 is 17.9 Å². The number of ether oxygens (including phenoxy) is 2. The first-order chi connectivity index (χ1) is 17.3. The molecule has 0 spiro atoms. The lowest BCUT2D eigenvalue weighted by molar-refractivity contribution is 0.144. The smallest absolute Gasteiger partial charge is 0.279 e. The van der Waals surface area contributed by atoms with Crippen molar-refractivity contribution in [2.24, 2.45) is 0 Å². The first-order valence-corrected chi connectivity index (χ1v) is 13.6. The van der Waals surface area contributed by atoms with Gasteiger partial charge in [-0.1, -0.05) is 13.8 Å². The summed E-state index contributed by atoms with van der Waals surface area (Å²) in [7, 11) is -2.25. The number of sulfonamides is 1. The molecule has 196 valence electrons. The van der Waals surface area contributed by atoms with E-state index in [4.69, 9.17) is 9.47 Å². The lowest BCUT2D eigenvalue weighted by atomic mass is 10.2. The number of methoxy groups -OCH3 is 1. The number of pyridine rings is 1. The number of fused-ring (bicyclic) bond motifs is 1. The van der Waals surface area contributed by atoms with Crippen LogP contribution in [0.2, 0.25) is 0 Å². The fraction of sp³-hybridized carbons (Fsp3) is 0.565. The van der Waals surface area contributed by atoms with Gasteiger partial charge in [0.25, 0.3) is 5.56 Å². The molecule has 0 atom stereocenters. The molecule has 1 N–H and O–H groups in total. The Kier molecular flexibility index (Phi) is 8.03. The van der Waals surface area contributed by atoms with Crippen LogP contribution >= 0.6 is 0 Å². The van der Waals surface area contributed by atoms with Crippen LogP contribution in [0.15, 0.2) is 22.0 Å². The molecule has 1 fully saturated rings. The highest BCUT2D eigenvalue weighted by Gasteiger charge is 2.30. The molecule has 0 radical (unpaired) electrons. The quantitative estimate of drug-likeness (QED) is 0.391. The number of hydrogen-bond acceptors (Lipinski definition) is 9. The summed E-state index contributed by atoms with van der Waals surface area (Å²) in [6, 6.07) is 1.47. The minimum Gasteiger partial charge on any atom is -0.475 e. The van der Waals surface area contributed by atoms with Crippen LogP contribution in [0, 0.1) is 0 Å². The molecule has 4 rings (SSSR count). The first kappa shape index (κ1) is 26.2. The number of hydrogen-bond donors (Lipinski definition) is 1. The standard InChI is InChI=1S/C23H33N7O5S/c1-5-18-19-20(27-30(18)7-3)22(31)26-21(25-19)17-14-16(15-24-23(17)35-13-12-34-4)36(32,33)29-10-8-28(6-2)9-11-29/h14-15H,5-13H2,1-4H3,(H,25,26,31). The number of nitrogens with zero attached hydrogens (tertiary/aromatic N) is 6. The second-order valence-electron chi connectivity index (χ2n) is 8.43. The van der Waals surface area contributed by atoms with Gasteiger partial charge in [-0.05, 0) is 26.0 Å². The van der Waals surface area contributed by atoms with Crippen LogP contribution in [-0.2, 0) is 27.7 Å². The molecule has 0 amide bonds. The Morgan fingerprint density at radius 2 is 1.81 bits per heavy atom. The fourth-order valence-electron chi connectivity index (χ4n) is 4.32. The number of H-pyrrole nitrogens is 1. The van der Waals surface area contributed by atoms with Crippen molar-refractivity contribution in [2.45, 2.75) is 38.6 Å². The number of rotatable bonds is 10. The molecule has 0 unspecified atom stereocenters. The van der Waals surface area contributed by atoms with Crippen LogP contribution in [0.25, 0.3) is 22.4 Å². The molecule has 13 heteroatoms. The van der Waals surface area contributed by atoms with E-state index in [2.05, 4.69) is 31.9 Å². The highest BCUT2D eigenvalue weighted by Crippen LogP contribution is 2.30. The van der Waals surface area contributed by atoms with Gasteiger partial charge in [-0.2, -0.15) is 9.40 Å². The van der Waals surface area contributed by atoms with E-state index in [1.807, 2.05) is 13.8 Å². The Balaban J connectivity index is 1.81. The summed E-state index contributed by atoms with van der Waals surface area (Å²) in [6.07, 6.45) is 1.92. The number of aromatic nitrogens is 5. The minimum absolute atomic E-state index is 0.0178. The van der Waals surface area contributed by atoms with Crippen LogP contribution in [0.3, 0.4) is 0 Å². The van der Waals surface area contributed by atoms with Crippen LogP contribution in [0.4, 0.5) is 0 Å². The Labute approximate surface area is 210 Å². The molecule has 1 saturated heterocycles. The van der Waals surface area contributed by atoms with E-state index < -0.39 is 15.6 Å². The van der Waals surface area contributed by atoms with Crippen molar-refractivity contribution in [1.82, 2.24) is 33.9 Å². The van der Waals surface area contributed by atoms with E-state index in [1.54, 1.807) is 11.8 Å². The number of likely N-dealkylation sites (N-methyl/N-ethyl adjacent to an activating group) is 1. The van der Waals surface area contributed by atoms with Gasteiger partial charge in [-0.25, -0.2) is 18.4 Å². The van der Waals surface area contributed by atoms with Gasteiger partial charge in [0.1, 0.15) is 22.8 Å². The van der Waals surface area contributed by atoms with Crippen molar-refractivity contribution in [3.05, 3.63) is 28.3 Å². The highest BCUT2D eigenvalue weighted by molar-refractivity contribution is 7.89. The van der Waals surface area contributed by atoms with E-state index in [-0.39, 0.29) is 34.3 Å². The molecular formula is C23H33N7O5S. The van der Waals surface area contributed by atoms with Crippen LogP contribution < -0.4 is 10.3 Å². The minimum atomic E-state index is -3.80. The molecule has 4 heterocycles. The van der Waals surface area contributed by atoms with Gasteiger partial charge in [-0.3, -0.25) is 9.48 Å². The normalized spacial score (nSPS) is 15.6. The summed E-state index contributed by atoms with van der Waals surface area (Å²) < 4.78 is 41.0. The maximum Gasteiger partial charge on any atom is 0.279 e. The van der Waals surface area contributed by atoms with Crippen molar-refractivity contribution in [2.75, 3.05) is 53.0 Å². The lowest BCUT2D eigenvalue weighted by Gasteiger charge is -2.33. The third-order valence-electron chi connectivity index (χ3n) is 6.36. The topological polar surface area (TPSA) is 136 Å². The number of aromatic amines is 1. The summed E-state index contributed by atoms with van der Waals surface area (Å²) in [6.45, 7) is 10.1. The van der Waals surface area contributed by atoms with Crippen LogP contribution in [-0.4, -0.2) is 95.4 Å². The fourth-order valence-corrected chi connectivity index (χ4v) is 5.71. The molecule has 12 nitrogen and oxygen atoms in total. The van der Waals surface area contributed by atoms with Crippen LogP contribution in [0.5, 0.6) is 5.88 Å². The predicted octanol–water partition coefficient (Wildman–Crippen LogP) is 1.12. The molecule has 0 aromatic carbocycles. The Morgan fingerprint density at radius 1 is 1.06 bits per heavy atom. The Morgan fingerprint density at radius 3 is 2.44 bits per heavy atom. The van der Waals surface area contributed by atoms with Gasteiger partial charge < -0.3 is 19.4 Å². The summed E-state index contributed by atoms with van der Waals surface area (Å²) in [5.74, 6) is 0.329. The van der Waals surface area contributed by atoms with Gasteiger partial charge >= 0.3 is 0 Å². The summed E-state index contributed by atoms with van der Waals surface area (Å²) in [5.41, 5.74) is 1.41. The van der Waals surface area contributed by atoms with Crippen molar-refractivity contribution in [1.29, 1.82) is 0 Å². The van der Waals surface area contributed by atoms with Gasteiger partial charge in [0.2, 0.25) is 15.9 Å². The van der Waals surface area contributed by atoms with Crippen LogP contribution in [0.1, 0.15) is 26.5 Å². The molecule has 3 aromatic heterocycles. The predicted molar refractivity (Wildman–Crippen MR) is 135 cm³/mol. The Hall–Kier alpha value is -2.87. The third kappa shape index (κ3) is 5.01. The molecule has 0 bridgehead atoms. The highest BCUT2D eigenvalue weighted by atomic mass is 32.2. The molecule has 0 saturated carbocycles. The van der Waals surface area contributed by atoms with Crippen molar-refractivity contribution >= 4 is 21.1 Å². The van der Waals surface area contributed by atoms with Gasteiger partial charge in [0.05, 0.1) is 24.1 Å². The molecule has 1 aliphatic heterocycles. The maximum absolute atomic E-state index is 13.5. The molecule has 3 aromatic rings. The second-order valence-corrected chi connectivity index (χ2v) is 10.4. The van der Waals surface area contributed by atoms with Crippen molar-refractivity contribution in [3.63, 3.8) is 0 Å². The second kappa shape index (κ2) is 11.0. The zero-order chi connectivity index (χ0) is 25.9. The summed E-state index contributed by atoms with van der Waals surface area (Å²) >= 11 is 0. The number of piperazine rings is 1. The molecular weight excluding hydrogens is 486 g/mol. The van der Waals surface area contributed by atoms with Gasteiger partial charge in [-0.15, -0.1) is 0 Å². The van der Waals surface area contributed by atoms with E-state index in [9.17, 15) is 13.2 Å². The van der Waals surface area contributed by atoms with E-state index in [0.717, 1.165) is 12.2 Å². The summed E-state index contributed by atoms with van der Waals surface area (Å²) in [4.78, 5) is 26.9. The zero-order valence-electron chi connectivity index (χ0n) is 21.2. The van der Waals surface area contributed by atoms with E-state index in [1.165, 1.54) is 16.6 Å². The largest absolute Gasteiger partial charge is 0.475 e. The maximum atomic E-state index is 13.5. The zero-order valence-corrected chi connectivity index (χ0v) is 22.0. The lowest BCUT2D eigenvalue weighted by Crippen LogP contribution is -2.48. The van der Waals surface area contributed by atoms with E-state index >= 15 is 0 Å². The SMILES string of the molecule is CCc1c2nc(-c3cc(S(=O)(=O)N4CCN(CC)CC4)cnc3OCCOC)[nH]c(=O)c2nn1CC. The van der Waals surface area contributed by atoms with E-state index in [0.29, 0.717) is 51.3 Å². The molecule has 0 aliphatic carbocycles. The third-order valence-corrected chi connectivity index (χ3v) is 8.22. The Bertz CT molecular complexity index is 1380. The van der Waals surface area contributed by atoms with Gasteiger partial charge in [0, 0.05) is 39.8 Å². The number of nitrogens with one attached hydrogen (secondary N) is 1. The average Bonchev–Trinajstić information content (AvgIpc) is 3.27. The summed E-state index contributed by atoms with van der Waals surface area (Å²) in [5, 5.41) is 4.39. The molecule has 1 aliphatic rings. The van der Waals surface area contributed by atoms with Crippen molar-refractivity contribution in [3.8, 4) is 17.3 Å². The average molecular weight is 520 g/mol. The van der Waals surface area contributed by atoms with Gasteiger partial charge in [0.15, 0.2) is 5.52 Å². The molecule has 36 heavy (non-hydrogen) atoms. The number of aryl methyl sites for hydroxylation is 2. The monoisotopic (exact) mass is 519 g/mol. The first-order valence-electron chi connectivity index (χ1n) is 12.2.